The lowest BCUT2D eigenvalue weighted by molar-refractivity contribution is 0.579. The lowest BCUT2D eigenvalue weighted by atomic mass is 10.2. The standard InChI is InChI=1S/C16H20N8S/c1-2-23(9-10-24-8-7-18-22-24)14-5-3-13(4-6-14)11-19-21-16-20-15(17)12-25-16/h3-8,11-12H,2,9-10,17H2,1H3,(H,20,21). The predicted octanol–water partition coefficient (Wildman–Crippen LogP) is 2.29. The van der Waals surface area contributed by atoms with E-state index in [9.17, 15) is 0 Å². The SMILES string of the molecule is CCN(CCn1ccnn1)c1ccc(C=NNc2nc(N)cs2)cc1. The Hall–Kier alpha value is -2.94. The second-order valence-corrected chi connectivity index (χ2v) is 6.14. The number of rotatable bonds is 8. The van der Waals surface area contributed by atoms with E-state index in [0.717, 1.165) is 25.2 Å². The predicted molar refractivity (Wildman–Crippen MR) is 102 cm³/mol. The molecule has 0 aliphatic heterocycles. The van der Waals surface area contributed by atoms with E-state index in [2.05, 4.69) is 49.8 Å². The second kappa shape index (κ2) is 8.25. The quantitative estimate of drug-likeness (QED) is 0.475. The van der Waals surface area contributed by atoms with Gasteiger partial charge in [-0.05, 0) is 24.6 Å². The summed E-state index contributed by atoms with van der Waals surface area (Å²) < 4.78 is 1.83. The topological polar surface area (TPSA) is 97.2 Å². The molecule has 130 valence electrons. The number of nitrogens with zero attached hydrogens (tertiary/aromatic N) is 6. The van der Waals surface area contributed by atoms with Crippen LogP contribution in [-0.2, 0) is 6.54 Å². The first-order chi connectivity index (χ1) is 12.2. The van der Waals surface area contributed by atoms with Crippen molar-refractivity contribution in [2.24, 2.45) is 5.10 Å². The molecule has 3 rings (SSSR count). The van der Waals surface area contributed by atoms with Gasteiger partial charge in [0.1, 0.15) is 5.82 Å². The molecule has 0 unspecified atom stereocenters. The van der Waals surface area contributed by atoms with Crippen LogP contribution in [0.2, 0.25) is 0 Å². The number of aromatic nitrogens is 4. The van der Waals surface area contributed by atoms with Gasteiger partial charge < -0.3 is 10.6 Å². The Bertz CT molecular complexity index is 794. The Kier molecular flexibility index (Phi) is 5.57. The summed E-state index contributed by atoms with van der Waals surface area (Å²) in [5.41, 5.74) is 10.6. The van der Waals surface area contributed by atoms with Crippen molar-refractivity contribution >= 4 is 34.2 Å². The van der Waals surface area contributed by atoms with Crippen LogP contribution >= 0.6 is 11.3 Å². The van der Waals surface area contributed by atoms with E-state index in [4.69, 9.17) is 5.73 Å². The average molecular weight is 356 g/mol. The van der Waals surface area contributed by atoms with Crippen molar-refractivity contribution in [2.75, 3.05) is 29.1 Å². The number of nitrogen functional groups attached to an aromatic ring is 1. The maximum absolute atomic E-state index is 5.57. The molecule has 0 saturated heterocycles. The third kappa shape index (κ3) is 4.77. The summed E-state index contributed by atoms with van der Waals surface area (Å²) in [6, 6.07) is 8.25. The molecule has 0 atom stereocenters. The molecular weight excluding hydrogens is 336 g/mol. The number of hydrazone groups is 1. The van der Waals surface area contributed by atoms with Gasteiger partial charge in [0, 0.05) is 30.4 Å². The monoisotopic (exact) mass is 356 g/mol. The Labute approximate surface area is 150 Å². The van der Waals surface area contributed by atoms with Gasteiger partial charge in [0.15, 0.2) is 0 Å². The van der Waals surface area contributed by atoms with E-state index < -0.39 is 0 Å². The number of nitrogens with two attached hydrogens (primary N) is 1. The largest absolute Gasteiger partial charge is 0.383 e. The highest BCUT2D eigenvalue weighted by Gasteiger charge is 2.04. The molecule has 0 spiro atoms. The molecule has 0 radical (unpaired) electrons. The second-order valence-electron chi connectivity index (χ2n) is 5.28. The number of nitrogens with one attached hydrogen (secondary N) is 1. The van der Waals surface area contributed by atoms with Crippen LogP contribution in [0, 0.1) is 0 Å². The minimum absolute atomic E-state index is 0.498. The fourth-order valence-electron chi connectivity index (χ4n) is 2.32. The van der Waals surface area contributed by atoms with Crippen molar-refractivity contribution in [1.82, 2.24) is 20.0 Å². The highest BCUT2D eigenvalue weighted by molar-refractivity contribution is 7.14. The molecule has 2 heterocycles. The van der Waals surface area contributed by atoms with Crippen LogP contribution in [0.15, 0.2) is 47.1 Å². The zero-order valence-corrected chi connectivity index (χ0v) is 14.7. The first-order valence-electron chi connectivity index (χ1n) is 7.94. The van der Waals surface area contributed by atoms with Gasteiger partial charge in [-0.3, -0.25) is 10.1 Å². The van der Waals surface area contributed by atoms with E-state index in [1.807, 2.05) is 23.0 Å². The van der Waals surface area contributed by atoms with Gasteiger partial charge in [-0.25, -0.2) is 4.98 Å². The Morgan fingerprint density at radius 3 is 2.84 bits per heavy atom. The van der Waals surface area contributed by atoms with E-state index in [1.54, 1.807) is 17.8 Å². The van der Waals surface area contributed by atoms with Crippen LogP contribution in [-0.4, -0.2) is 39.3 Å². The lowest BCUT2D eigenvalue weighted by Crippen LogP contribution is -2.27. The molecule has 2 aromatic heterocycles. The van der Waals surface area contributed by atoms with Crippen molar-refractivity contribution in [2.45, 2.75) is 13.5 Å². The zero-order chi connectivity index (χ0) is 17.5. The van der Waals surface area contributed by atoms with Gasteiger partial charge >= 0.3 is 0 Å². The summed E-state index contributed by atoms with van der Waals surface area (Å²) in [4.78, 5) is 6.38. The van der Waals surface area contributed by atoms with E-state index >= 15 is 0 Å². The van der Waals surface area contributed by atoms with Crippen molar-refractivity contribution in [3.63, 3.8) is 0 Å². The first kappa shape index (κ1) is 16.9. The van der Waals surface area contributed by atoms with Crippen LogP contribution in [0.5, 0.6) is 0 Å². The smallest absolute Gasteiger partial charge is 0.205 e. The van der Waals surface area contributed by atoms with Gasteiger partial charge in [-0.1, -0.05) is 17.3 Å². The van der Waals surface area contributed by atoms with Crippen LogP contribution < -0.4 is 16.1 Å². The minimum atomic E-state index is 0.498. The summed E-state index contributed by atoms with van der Waals surface area (Å²) in [7, 11) is 0. The minimum Gasteiger partial charge on any atom is -0.383 e. The van der Waals surface area contributed by atoms with Crippen molar-refractivity contribution in [3.8, 4) is 0 Å². The van der Waals surface area contributed by atoms with Gasteiger partial charge in [-0.15, -0.1) is 16.4 Å². The summed E-state index contributed by atoms with van der Waals surface area (Å²) in [5, 5.41) is 14.4. The molecule has 3 N–H and O–H groups in total. The fourth-order valence-corrected chi connectivity index (χ4v) is 2.86. The molecule has 0 fully saturated rings. The lowest BCUT2D eigenvalue weighted by Gasteiger charge is -2.23. The Balaban J connectivity index is 1.56. The summed E-state index contributed by atoms with van der Waals surface area (Å²) in [6.07, 6.45) is 5.32. The molecule has 1 aromatic carbocycles. The van der Waals surface area contributed by atoms with Gasteiger partial charge in [0.2, 0.25) is 5.13 Å². The van der Waals surface area contributed by atoms with Gasteiger partial charge in [-0.2, -0.15) is 5.10 Å². The summed E-state index contributed by atoms with van der Waals surface area (Å²) in [6.45, 7) is 4.74. The van der Waals surface area contributed by atoms with Crippen molar-refractivity contribution < 1.29 is 0 Å². The number of thiazole rings is 1. The normalized spacial score (nSPS) is 11.1. The number of likely N-dealkylation sites (N-methyl/N-ethyl adjacent to an activating group) is 1. The summed E-state index contributed by atoms with van der Waals surface area (Å²) >= 11 is 1.42. The molecule has 0 aliphatic rings. The van der Waals surface area contributed by atoms with E-state index in [1.165, 1.54) is 17.0 Å². The molecule has 25 heavy (non-hydrogen) atoms. The maximum atomic E-state index is 5.57. The van der Waals surface area contributed by atoms with E-state index in [-0.39, 0.29) is 0 Å². The molecule has 0 bridgehead atoms. The Morgan fingerprint density at radius 2 is 2.20 bits per heavy atom. The molecule has 8 nitrogen and oxygen atoms in total. The highest BCUT2D eigenvalue weighted by atomic mass is 32.1. The van der Waals surface area contributed by atoms with Gasteiger partial charge in [0.05, 0.1) is 19.0 Å². The van der Waals surface area contributed by atoms with Gasteiger partial charge in [0.25, 0.3) is 0 Å². The maximum Gasteiger partial charge on any atom is 0.205 e. The number of benzene rings is 1. The number of hydrogen-bond donors (Lipinski definition) is 2. The molecule has 3 aromatic rings. The fraction of sp³-hybridized carbons (Fsp3) is 0.250. The Morgan fingerprint density at radius 1 is 1.36 bits per heavy atom. The van der Waals surface area contributed by atoms with Crippen LogP contribution in [0.3, 0.4) is 0 Å². The third-order valence-corrected chi connectivity index (χ3v) is 4.37. The van der Waals surface area contributed by atoms with E-state index in [0.29, 0.717) is 10.9 Å². The molecule has 0 saturated carbocycles. The summed E-state index contributed by atoms with van der Waals surface area (Å²) in [5.74, 6) is 0.498. The van der Waals surface area contributed by atoms with Crippen LogP contribution in [0.1, 0.15) is 12.5 Å². The van der Waals surface area contributed by atoms with Crippen molar-refractivity contribution in [1.29, 1.82) is 0 Å². The van der Waals surface area contributed by atoms with Crippen LogP contribution in [0.25, 0.3) is 0 Å². The van der Waals surface area contributed by atoms with Crippen LogP contribution in [0.4, 0.5) is 16.6 Å². The van der Waals surface area contributed by atoms with Crippen molar-refractivity contribution in [3.05, 3.63) is 47.6 Å². The number of hydrogen-bond acceptors (Lipinski definition) is 8. The molecule has 0 amide bonds. The zero-order valence-electron chi connectivity index (χ0n) is 13.9. The average Bonchev–Trinajstić information content (AvgIpc) is 3.28. The molecule has 9 heteroatoms. The molecule has 0 aliphatic carbocycles. The highest BCUT2D eigenvalue weighted by Crippen LogP contribution is 2.17. The first-order valence-corrected chi connectivity index (χ1v) is 8.82. The number of anilines is 3. The third-order valence-electron chi connectivity index (χ3n) is 3.61. The molecular formula is C16H20N8S.